The second-order valence-corrected chi connectivity index (χ2v) is 6.17. The number of hydrogen-bond acceptors (Lipinski definition) is 7. The van der Waals surface area contributed by atoms with E-state index in [1.165, 1.54) is 24.2 Å². The first kappa shape index (κ1) is 21.9. The summed E-state index contributed by atoms with van der Waals surface area (Å²) in [5.74, 6) is -2.41. The first-order valence-electron chi connectivity index (χ1n) is 9.24. The van der Waals surface area contributed by atoms with Gasteiger partial charge in [-0.05, 0) is 19.4 Å². The van der Waals surface area contributed by atoms with Crippen molar-refractivity contribution in [1.29, 1.82) is 0 Å². The third-order valence-corrected chi connectivity index (χ3v) is 3.97. The average Bonchev–Trinajstić information content (AvgIpc) is 3.13. The fourth-order valence-corrected chi connectivity index (χ4v) is 2.72. The molecule has 0 bridgehead atoms. The molecule has 1 aromatic heterocycles. The van der Waals surface area contributed by atoms with Gasteiger partial charge >= 0.3 is 11.9 Å². The van der Waals surface area contributed by atoms with Crippen molar-refractivity contribution in [2.24, 2.45) is 0 Å². The fraction of sp³-hybridized carbons (Fsp3) is 0.400. The molecule has 1 N–H and O–H groups in total. The summed E-state index contributed by atoms with van der Waals surface area (Å²) < 4.78 is 11.5. The number of benzene rings is 1. The number of imidazole rings is 1. The highest BCUT2D eigenvalue weighted by molar-refractivity contribution is 6.08. The Kier molecular flexibility index (Phi) is 7.76. The van der Waals surface area contributed by atoms with E-state index in [1.54, 1.807) is 13.8 Å². The van der Waals surface area contributed by atoms with Gasteiger partial charge in [-0.3, -0.25) is 4.79 Å². The van der Waals surface area contributed by atoms with E-state index in [1.807, 2.05) is 30.3 Å². The number of esters is 2. The van der Waals surface area contributed by atoms with Gasteiger partial charge in [-0.15, -0.1) is 0 Å². The third-order valence-electron chi connectivity index (χ3n) is 3.97. The van der Waals surface area contributed by atoms with Gasteiger partial charge in [0.25, 0.3) is 0 Å². The van der Waals surface area contributed by atoms with Crippen molar-refractivity contribution in [3.63, 3.8) is 0 Å². The quantitative estimate of drug-likeness (QED) is 0.467. The van der Waals surface area contributed by atoms with E-state index >= 15 is 0 Å². The van der Waals surface area contributed by atoms with Crippen LogP contribution in [0.15, 0.2) is 42.9 Å². The summed E-state index contributed by atoms with van der Waals surface area (Å²) in [4.78, 5) is 47.0. The molecule has 0 saturated heterocycles. The van der Waals surface area contributed by atoms with E-state index < -0.39 is 23.4 Å². The molecule has 9 heteroatoms. The molecule has 0 spiro atoms. The van der Waals surface area contributed by atoms with Crippen LogP contribution in [0.5, 0.6) is 0 Å². The molecule has 9 nitrogen and oxygen atoms in total. The number of amides is 1. The van der Waals surface area contributed by atoms with Gasteiger partial charge in [0.15, 0.2) is 0 Å². The van der Waals surface area contributed by atoms with Crippen molar-refractivity contribution in [3.8, 4) is 0 Å². The van der Waals surface area contributed by atoms with Crippen LogP contribution >= 0.6 is 0 Å². The molecule has 29 heavy (non-hydrogen) atoms. The first-order valence-corrected chi connectivity index (χ1v) is 9.24. The molecule has 2 rings (SSSR count). The van der Waals surface area contributed by atoms with Crippen LogP contribution in [0.3, 0.4) is 0 Å². The van der Waals surface area contributed by atoms with Gasteiger partial charge in [-0.2, -0.15) is 4.73 Å². The predicted octanol–water partition coefficient (Wildman–Crippen LogP) is 1.06. The van der Waals surface area contributed by atoms with Crippen LogP contribution in [0.1, 0.15) is 32.0 Å². The number of hydrogen-bond donors (Lipinski definition) is 1. The van der Waals surface area contributed by atoms with Crippen LogP contribution in [-0.2, 0) is 36.9 Å². The number of rotatable bonds is 10. The number of carbonyl (C=O) groups excluding carboxylic acids is 3. The molecule has 1 aromatic carbocycles. The van der Waals surface area contributed by atoms with Crippen LogP contribution in [0, 0.1) is 0 Å². The zero-order chi connectivity index (χ0) is 21.3. The van der Waals surface area contributed by atoms with Gasteiger partial charge in [-0.25, -0.2) is 14.6 Å². The Labute approximate surface area is 168 Å². The van der Waals surface area contributed by atoms with Crippen molar-refractivity contribution in [2.75, 3.05) is 13.2 Å². The first-order chi connectivity index (χ1) is 13.9. The minimum absolute atomic E-state index is 0.0311. The molecule has 0 aliphatic rings. The molecular formula is C20H25N3O6. The van der Waals surface area contributed by atoms with Crippen molar-refractivity contribution in [3.05, 3.63) is 54.1 Å². The lowest BCUT2D eigenvalue weighted by Crippen LogP contribution is -2.62. The molecule has 0 fully saturated rings. The molecule has 156 valence electrons. The van der Waals surface area contributed by atoms with Gasteiger partial charge in [0.1, 0.15) is 12.9 Å². The van der Waals surface area contributed by atoms with Crippen LogP contribution in [0.4, 0.5) is 0 Å². The SMILES string of the molecule is CCOC(=O)C(Cc1cncn1OCc1ccccc1)(NC(C)=O)C(=O)OCC. The number of nitrogens with one attached hydrogen (secondary N) is 1. The molecular weight excluding hydrogens is 378 g/mol. The van der Waals surface area contributed by atoms with E-state index in [0.717, 1.165) is 5.56 Å². The molecule has 0 unspecified atom stereocenters. The minimum Gasteiger partial charge on any atom is -0.464 e. The summed E-state index contributed by atoms with van der Waals surface area (Å²) in [5, 5.41) is 2.42. The van der Waals surface area contributed by atoms with Crippen molar-refractivity contribution in [2.45, 2.75) is 39.3 Å². The van der Waals surface area contributed by atoms with Crippen LogP contribution in [-0.4, -0.2) is 46.3 Å². The summed E-state index contributed by atoms with van der Waals surface area (Å²) in [7, 11) is 0. The lowest BCUT2D eigenvalue weighted by atomic mass is 9.93. The molecule has 0 aliphatic carbocycles. The van der Waals surface area contributed by atoms with Crippen molar-refractivity contribution < 1.29 is 28.7 Å². The van der Waals surface area contributed by atoms with E-state index in [-0.39, 0.29) is 26.2 Å². The number of nitrogens with zero attached hydrogens (tertiary/aromatic N) is 2. The Balaban J connectivity index is 2.32. The molecule has 0 atom stereocenters. The normalized spacial score (nSPS) is 10.9. The highest BCUT2D eigenvalue weighted by atomic mass is 16.7. The smallest absolute Gasteiger partial charge is 0.344 e. The molecule has 0 saturated carbocycles. The van der Waals surface area contributed by atoms with Gasteiger partial charge in [0.05, 0.1) is 25.1 Å². The Hall–Kier alpha value is -3.36. The minimum atomic E-state index is -2.05. The summed E-state index contributed by atoms with van der Waals surface area (Å²) in [5.41, 5.74) is -0.738. The number of ether oxygens (including phenoxy) is 2. The zero-order valence-electron chi connectivity index (χ0n) is 16.7. The molecule has 1 amide bonds. The largest absolute Gasteiger partial charge is 0.464 e. The maximum atomic E-state index is 12.7. The van der Waals surface area contributed by atoms with E-state index in [2.05, 4.69) is 10.3 Å². The fourth-order valence-electron chi connectivity index (χ4n) is 2.72. The maximum absolute atomic E-state index is 12.7. The highest BCUT2D eigenvalue weighted by Gasteiger charge is 2.51. The van der Waals surface area contributed by atoms with Crippen molar-refractivity contribution >= 4 is 17.8 Å². The second kappa shape index (κ2) is 10.3. The van der Waals surface area contributed by atoms with Gasteiger partial charge in [0, 0.05) is 13.3 Å². The monoisotopic (exact) mass is 403 g/mol. The third kappa shape index (κ3) is 5.56. The Morgan fingerprint density at radius 3 is 2.24 bits per heavy atom. The topological polar surface area (TPSA) is 109 Å². The summed E-state index contributed by atoms with van der Waals surface area (Å²) in [6.45, 7) is 4.73. The summed E-state index contributed by atoms with van der Waals surface area (Å²) >= 11 is 0. The van der Waals surface area contributed by atoms with E-state index in [0.29, 0.717) is 5.69 Å². The van der Waals surface area contributed by atoms with E-state index in [4.69, 9.17) is 14.3 Å². The molecule has 2 aromatic rings. The highest BCUT2D eigenvalue weighted by Crippen LogP contribution is 2.19. The van der Waals surface area contributed by atoms with Crippen LogP contribution in [0.25, 0.3) is 0 Å². The van der Waals surface area contributed by atoms with Gasteiger partial charge < -0.3 is 19.6 Å². The lowest BCUT2D eigenvalue weighted by Gasteiger charge is -2.29. The molecule has 1 heterocycles. The summed E-state index contributed by atoms with van der Waals surface area (Å²) in [6.07, 6.45) is 2.60. The average molecular weight is 403 g/mol. The number of aromatic nitrogens is 2. The van der Waals surface area contributed by atoms with Gasteiger partial charge in [0.2, 0.25) is 11.4 Å². The Morgan fingerprint density at radius 1 is 1.07 bits per heavy atom. The van der Waals surface area contributed by atoms with Crippen molar-refractivity contribution in [1.82, 2.24) is 15.0 Å². The Morgan fingerprint density at radius 2 is 1.69 bits per heavy atom. The predicted molar refractivity (Wildman–Crippen MR) is 102 cm³/mol. The number of carbonyl (C=O) groups is 3. The standard InChI is InChI=1S/C20H25N3O6/c1-4-27-18(25)20(22-15(3)24,19(26)28-5-2)11-17-12-21-14-23(17)29-13-16-9-7-6-8-10-16/h6-10,12,14H,4-5,11,13H2,1-3H3,(H,22,24). The molecule has 0 radical (unpaired) electrons. The maximum Gasteiger partial charge on any atom is 0.344 e. The second-order valence-electron chi connectivity index (χ2n) is 6.17. The van der Waals surface area contributed by atoms with E-state index in [9.17, 15) is 14.4 Å². The molecule has 0 aliphatic heterocycles. The van der Waals surface area contributed by atoms with Gasteiger partial charge in [-0.1, -0.05) is 30.3 Å². The zero-order valence-corrected chi connectivity index (χ0v) is 16.7. The van der Waals surface area contributed by atoms with Crippen LogP contribution < -0.4 is 10.2 Å². The van der Waals surface area contributed by atoms with Crippen LogP contribution in [0.2, 0.25) is 0 Å². The lowest BCUT2D eigenvalue weighted by molar-refractivity contribution is -0.168. The summed E-state index contributed by atoms with van der Waals surface area (Å²) in [6, 6.07) is 9.46. The Bertz CT molecular complexity index is 816.